The first kappa shape index (κ1) is 25.2. The van der Waals surface area contributed by atoms with Crippen molar-refractivity contribution in [2.45, 2.75) is 19.2 Å². The first-order valence-corrected chi connectivity index (χ1v) is 10.9. The third kappa shape index (κ3) is 9.94. The Hall–Kier alpha value is -1.87. The van der Waals surface area contributed by atoms with E-state index in [9.17, 15) is 4.21 Å². The van der Waals surface area contributed by atoms with Crippen LogP contribution in [0.25, 0.3) is 0 Å². The Morgan fingerprint density at radius 3 is 2.59 bits per heavy atom. The molecule has 7 heteroatoms. The predicted molar refractivity (Wildman–Crippen MR) is 134 cm³/mol. The molecule has 5 nitrogen and oxygen atoms in total. The number of ether oxygens (including phenoxy) is 1. The number of hydrogen-bond donors (Lipinski definition) is 2. The molecule has 29 heavy (non-hydrogen) atoms. The maximum atomic E-state index is 12.3. The predicted octanol–water partition coefficient (Wildman–Crippen LogP) is 3.87. The summed E-state index contributed by atoms with van der Waals surface area (Å²) in [5.74, 6) is 2.66. The summed E-state index contributed by atoms with van der Waals surface area (Å²) in [5, 5.41) is 6.48. The van der Waals surface area contributed by atoms with E-state index in [4.69, 9.17) is 4.74 Å². The van der Waals surface area contributed by atoms with E-state index in [0.717, 1.165) is 23.4 Å². The van der Waals surface area contributed by atoms with Crippen molar-refractivity contribution in [3.63, 3.8) is 0 Å². The van der Waals surface area contributed by atoms with Crippen molar-refractivity contribution in [2.24, 2.45) is 4.99 Å². The van der Waals surface area contributed by atoms with Gasteiger partial charge in [-0.3, -0.25) is 4.21 Å². The zero-order valence-electron chi connectivity index (χ0n) is 16.8. The van der Waals surface area contributed by atoms with Crippen LogP contribution in [-0.4, -0.2) is 35.6 Å². The highest BCUT2D eigenvalue weighted by Gasteiger charge is 2.05. The highest BCUT2D eigenvalue weighted by molar-refractivity contribution is 14.0. The summed E-state index contributed by atoms with van der Waals surface area (Å²) >= 11 is 0. The van der Waals surface area contributed by atoms with Crippen molar-refractivity contribution >= 4 is 40.7 Å². The van der Waals surface area contributed by atoms with Crippen LogP contribution in [0.2, 0.25) is 0 Å². The highest BCUT2D eigenvalue weighted by atomic mass is 127. The minimum atomic E-state index is -0.913. The number of nitrogens with one attached hydrogen (secondary N) is 2. The molecule has 158 valence electrons. The van der Waals surface area contributed by atoms with Gasteiger partial charge in [-0.1, -0.05) is 61.2 Å². The summed E-state index contributed by atoms with van der Waals surface area (Å²) in [6, 6.07) is 17.8. The van der Waals surface area contributed by atoms with Gasteiger partial charge in [-0.2, -0.15) is 0 Å². The molecular formula is C22H30IN3O2S. The minimum absolute atomic E-state index is 0. The van der Waals surface area contributed by atoms with Gasteiger partial charge in [-0.05, 0) is 18.6 Å². The number of halogens is 1. The van der Waals surface area contributed by atoms with Crippen molar-refractivity contribution < 1.29 is 8.95 Å². The van der Waals surface area contributed by atoms with Crippen LogP contribution >= 0.6 is 24.0 Å². The number of nitrogens with zero attached hydrogens (tertiary/aromatic N) is 1. The van der Waals surface area contributed by atoms with Gasteiger partial charge < -0.3 is 15.4 Å². The molecule has 2 aromatic carbocycles. The molecule has 0 aromatic heterocycles. The molecule has 1 atom stereocenters. The van der Waals surface area contributed by atoms with Gasteiger partial charge in [-0.25, -0.2) is 4.99 Å². The van der Waals surface area contributed by atoms with Crippen LogP contribution in [-0.2, 0) is 23.1 Å². The van der Waals surface area contributed by atoms with E-state index < -0.39 is 10.8 Å². The van der Waals surface area contributed by atoms with Crippen molar-refractivity contribution in [1.29, 1.82) is 0 Å². The first-order chi connectivity index (χ1) is 13.7. The van der Waals surface area contributed by atoms with Gasteiger partial charge in [0, 0.05) is 41.0 Å². The second kappa shape index (κ2) is 15.0. The average molecular weight is 527 g/mol. The lowest BCUT2D eigenvalue weighted by atomic mass is 10.2. The monoisotopic (exact) mass is 527 g/mol. The van der Waals surface area contributed by atoms with Gasteiger partial charge in [-0.15, -0.1) is 24.0 Å². The number of para-hydroxylation sites is 1. The molecule has 0 spiro atoms. The van der Waals surface area contributed by atoms with Crippen LogP contribution in [0.1, 0.15) is 18.1 Å². The van der Waals surface area contributed by atoms with Crippen molar-refractivity contribution in [2.75, 3.05) is 25.4 Å². The van der Waals surface area contributed by atoms with Crippen LogP contribution in [0.15, 0.2) is 72.2 Å². The largest absolute Gasteiger partial charge is 0.489 e. The molecule has 0 aliphatic rings. The molecule has 0 aliphatic carbocycles. The average Bonchev–Trinajstić information content (AvgIpc) is 2.71. The molecule has 0 fully saturated rings. The van der Waals surface area contributed by atoms with E-state index in [1.165, 1.54) is 0 Å². The molecule has 0 saturated carbocycles. The van der Waals surface area contributed by atoms with Gasteiger partial charge in [0.25, 0.3) is 0 Å². The van der Waals surface area contributed by atoms with Crippen molar-refractivity contribution in [3.05, 3.63) is 78.4 Å². The van der Waals surface area contributed by atoms with Gasteiger partial charge in [0.15, 0.2) is 5.96 Å². The summed E-state index contributed by atoms with van der Waals surface area (Å²) in [7, 11) is -0.913. The highest BCUT2D eigenvalue weighted by Crippen LogP contribution is 2.18. The molecule has 1 unspecified atom stereocenters. The Morgan fingerprint density at radius 2 is 1.86 bits per heavy atom. The Balaban J connectivity index is 0.00000420. The van der Waals surface area contributed by atoms with E-state index in [0.29, 0.717) is 37.2 Å². The van der Waals surface area contributed by atoms with Gasteiger partial charge in [0.05, 0.1) is 6.54 Å². The van der Waals surface area contributed by atoms with Gasteiger partial charge >= 0.3 is 0 Å². The maximum Gasteiger partial charge on any atom is 0.191 e. The van der Waals surface area contributed by atoms with E-state index >= 15 is 0 Å². The maximum absolute atomic E-state index is 12.3. The molecule has 0 heterocycles. The second-order valence-corrected chi connectivity index (χ2v) is 7.68. The van der Waals surface area contributed by atoms with Gasteiger partial charge in [0.2, 0.25) is 0 Å². The Kier molecular flexibility index (Phi) is 13.0. The molecule has 2 aromatic rings. The molecule has 0 amide bonds. The van der Waals surface area contributed by atoms with E-state index in [1.54, 1.807) is 6.08 Å². The summed E-state index contributed by atoms with van der Waals surface area (Å²) < 4.78 is 17.9. The summed E-state index contributed by atoms with van der Waals surface area (Å²) in [6.07, 6.45) is 1.72. The minimum Gasteiger partial charge on any atom is -0.489 e. The van der Waals surface area contributed by atoms with Gasteiger partial charge in [0.1, 0.15) is 12.4 Å². The second-order valence-electron chi connectivity index (χ2n) is 6.10. The van der Waals surface area contributed by atoms with Crippen LogP contribution in [0.4, 0.5) is 0 Å². The lowest BCUT2D eigenvalue weighted by Crippen LogP contribution is -2.39. The van der Waals surface area contributed by atoms with Crippen molar-refractivity contribution in [3.8, 4) is 5.75 Å². The molecule has 2 N–H and O–H groups in total. The molecule has 2 rings (SSSR count). The van der Waals surface area contributed by atoms with E-state index in [2.05, 4.69) is 22.2 Å². The third-order valence-electron chi connectivity index (χ3n) is 3.87. The summed E-state index contributed by atoms with van der Waals surface area (Å²) in [5.41, 5.74) is 2.10. The zero-order valence-corrected chi connectivity index (χ0v) is 20.0. The Bertz CT molecular complexity index is 785. The topological polar surface area (TPSA) is 62.7 Å². The van der Waals surface area contributed by atoms with Crippen LogP contribution < -0.4 is 15.4 Å². The van der Waals surface area contributed by atoms with E-state index in [1.807, 2.05) is 61.5 Å². The Labute approximate surface area is 193 Å². The van der Waals surface area contributed by atoms with Crippen molar-refractivity contribution in [1.82, 2.24) is 10.6 Å². The Morgan fingerprint density at radius 1 is 1.14 bits per heavy atom. The number of guanidine groups is 1. The molecule has 0 aliphatic heterocycles. The molecular weight excluding hydrogens is 497 g/mol. The summed E-state index contributed by atoms with van der Waals surface area (Å²) in [4.78, 5) is 4.62. The fourth-order valence-corrected chi connectivity index (χ4v) is 3.58. The first-order valence-electron chi connectivity index (χ1n) is 9.45. The standard InChI is InChI=1S/C22H29N3O2S.HI/c1-3-15-27-21-13-9-8-12-20(21)17-25-22(23-4-2)24-14-16-28(26)18-19-10-6-5-7-11-19;/h3,5-13H,1,4,14-18H2,2H3,(H2,23,24,25);1H. The SMILES string of the molecule is C=CCOc1ccccc1CN=C(NCC)NCCS(=O)Cc1ccccc1.I. The lowest BCUT2D eigenvalue weighted by molar-refractivity contribution is 0.359. The van der Waals surface area contributed by atoms with Crippen LogP contribution in [0, 0.1) is 0 Å². The third-order valence-corrected chi connectivity index (χ3v) is 5.19. The van der Waals surface area contributed by atoms with E-state index in [-0.39, 0.29) is 24.0 Å². The fraction of sp³-hybridized carbons (Fsp3) is 0.318. The lowest BCUT2D eigenvalue weighted by Gasteiger charge is -2.12. The zero-order chi connectivity index (χ0) is 20.0. The number of hydrogen-bond acceptors (Lipinski definition) is 3. The quantitative estimate of drug-likeness (QED) is 0.202. The summed E-state index contributed by atoms with van der Waals surface area (Å²) in [6.45, 7) is 8.02. The normalized spacial score (nSPS) is 11.8. The molecule has 0 radical (unpaired) electrons. The molecule has 0 bridgehead atoms. The number of benzene rings is 2. The number of aliphatic imine (C=N–C) groups is 1. The number of rotatable bonds is 11. The molecule has 0 saturated heterocycles. The fourth-order valence-electron chi connectivity index (χ4n) is 2.55. The van der Waals surface area contributed by atoms with Crippen LogP contribution in [0.5, 0.6) is 5.75 Å². The van der Waals surface area contributed by atoms with Crippen LogP contribution in [0.3, 0.4) is 0 Å². The smallest absolute Gasteiger partial charge is 0.191 e.